The third kappa shape index (κ3) is 3.91. The van der Waals surface area contributed by atoms with Crippen LogP contribution in [0.2, 0.25) is 0 Å². The van der Waals surface area contributed by atoms with Gasteiger partial charge in [0.1, 0.15) is 0 Å². The van der Waals surface area contributed by atoms with Crippen molar-refractivity contribution in [2.75, 3.05) is 13.6 Å². The van der Waals surface area contributed by atoms with Crippen molar-refractivity contribution in [2.45, 2.75) is 46.0 Å². The zero-order chi connectivity index (χ0) is 11.9. The zero-order valence-corrected chi connectivity index (χ0v) is 11.7. The van der Waals surface area contributed by atoms with Crippen LogP contribution in [-0.2, 0) is 6.42 Å². The SMILES string of the molecule is CCCCC(CC)(CNC)Cc1ccsc1. The van der Waals surface area contributed by atoms with Crippen LogP contribution in [-0.4, -0.2) is 13.6 Å². The van der Waals surface area contributed by atoms with E-state index in [4.69, 9.17) is 0 Å². The van der Waals surface area contributed by atoms with Gasteiger partial charge in [-0.1, -0.05) is 26.7 Å². The third-order valence-corrected chi connectivity index (χ3v) is 4.25. The number of hydrogen-bond donors (Lipinski definition) is 1. The van der Waals surface area contributed by atoms with Crippen molar-refractivity contribution in [3.05, 3.63) is 22.4 Å². The lowest BCUT2D eigenvalue weighted by Gasteiger charge is -2.32. The van der Waals surface area contributed by atoms with Crippen LogP contribution in [0.1, 0.15) is 45.1 Å². The predicted molar refractivity (Wildman–Crippen MR) is 74.2 cm³/mol. The topological polar surface area (TPSA) is 12.0 Å². The Balaban J connectivity index is 2.67. The summed E-state index contributed by atoms with van der Waals surface area (Å²) in [4.78, 5) is 0. The molecule has 0 aliphatic rings. The molecule has 16 heavy (non-hydrogen) atoms. The van der Waals surface area contributed by atoms with Crippen LogP contribution in [0.4, 0.5) is 0 Å². The van der Waals surface area contributed by atoms with E-state index in [1.54, 1.807) is 0 Å². The van der Waals surface area contributed by atoms with Gasteiger partial charge in [0.05, 0.1) is 0 Å². The number of hydrogen-bond acceptors (Lipinski definition) is 2. The molecule has 1 N–H and O–H groups in total. The Hall–Kier alpha value is -0.340. The minimum atomic E-state index is 0.464. The molecule has 0 radical (unpaired) electrons. The van der Waals surface area contributed by atoms with E-state index >= 15 is 0 Å². The van der Waals surface area contributed by atoms with Gasteiger partial charge in [0.2, 0.25) is 0 Å². The molecular weight excluding hydrogens is 214 g/mol. The number of rotatable bonds is 8. The number of nitrogens with one attached hydrogen (secondary N) is 1. The van der Waals surface area contributed by atoms with Crippen LogP contribution in [0.15, 0.2) is 16.8 Å². The summed E-state index contributed by atoms with van der Waals surface area (Å²) in [6.45, 7) is 5.75. The normalized spacial score (nSPS) is 14.9. The fourth-order valence-electron chi connectivity index (χ4n) is 2.42. The van der Waals surface area contributed by atoms with Gasteiger partial charge in [0.25, 0.3) is 0 Å². The fourth-order valence-corrected chi connectivity index (χ4v) is 3.09. The maximum atomic E-state index is 3.38. The molecule has 1 nitrogen and oxygen atoms in total. The summed E-state index contributed by atoms with van der Waals surface area (Å²) in [7, 11) is 2.07. The van der Waals surface area contributed by atoms with Crippen LogP contribution < -0.4 is 5.32 Å². The number of thiophene rings is 1. The number of unbranched alkanes of at least 4 members (excludes halogenated alkanes) is 1. The van der Waals surface area contributed by atoms with Crippen molar-refractivity contribution in [1.29, 1.82) is 0 Å². The van der Waals surface area contributed by atoms with Crippen LogP contribution in [0.3, 0.4) is 0 Å². The molecule has 0 saturated heterocycles. The molecule has 0 spiro atoms. The van der Waals surface area contributed by atoms with Gasteiger partial charge in [-0.15, -0.1) is 0 Å². The maximum Gasteiger partial charge on any atom is 0.000790 e. The van der Waals surface area contributed by atoms with Gasteiger partial charge in [0, 0.05) is 6.54 Å². The largest absolute Gasteiger partial charge is 0.319 e. The van der Waals surface area contributed by atoms with Crippen molar-refractivity contribution in [1.82, 2.24) is 5.32 Å². The summed E-state index contributed by atoms with van der Waals surface area (Å²) in [5.74, 6) is 0. The standard InChI is InChI=1S/C14H25NS/c1-4-6-8-14(5-2,12-15-3)10-13-7-9-16-11-13/h7,9,11,15H,4-6,8,10,12H2,1-3H3. The summed E-state index contributed by atoms with van der Waals surface area (Å²) < 4.78 is 0. The minimum absolute atomic E-state index is 0.464. The highest BCUT2D eigenvalue weighted by molar-refractivity contribution is 7.07. The molecule has 0 aliphatic heterocycles. The second kappa shape index (κ2) is 7.08. The first-order chi connectivity index (χ1) is 7.76. The fraction of sp³-hybridized carbons (Fsp3) is 0.714. The highest BCUT2D eigenvalue weighted by Gasteiger charge is 2.27. The van der Waals surface area contributed by atoms with E-state index in [2.05, 4.69) is 43.0 Å². The van der Waals surface area contributed by atoms with Gasteiger partial charge in [0.15, 0.2) is 0 Å². The average Bonchev–Trinajstić information content (AvgIpc) is 2.79. The molecule has 1 rings (SSSR count). The Morgan fingerprint density at radius 2 is 2.19 bits per heavy atom. The van der Waals surface area contributed by atoms with Crippen LogP contribution in [0.25, 0.3) is 0 Å². The molecule has 2 heteroatoms. The quantitative estimate of drug-likeness (QED) is 0.720. The summed E-state index contributed by atoms with van der Waals surface area (Å²) in [6.07, 6.45) is 6.49. The van der Waals surface area contributed by atoms with Crippen LogP contribution in [0.5, 0.6) is 0 Å². The molecule has 1 aromatic rings. The van der Waals surface area contributed by atoms with Crippen molar-refractivity contribution in [2.24, 2.45) is 5.41 Å². The van der Waals surface area contributed by atoms with E-state index in [-0.39, 0.29) is 0 Å². The van der Waals surface area contributed by atoms with E-state index in [0.29, 0.717) is 5.41 Å². The molecule has 0 fully saturated rings. The van der Waals surface area contributed by atoms with Crippen molar-refractivity contribution in [3.8, 4) is 0 Å². The second-order valence-electron chi connectivity index (χ2n) is 4.80. The van der Waals surface area contributed by atoms with Crippen molar-refractivity contribution in [3.63, 3.8) is 0 Å². The van der Waals surface area contributed by atoms with Crippen molar-refractivity contribution >= 4 is 11.3 Å². The first kappa shape index (κ1) is 13.7. The molecule has 92 valence electrons. The average molecular weight is 239 g/mol. The van der Waals surface area contributed by atoms with E-state index in [9.17, 15) is 0 Å². The van der Waals surface area contributed by atoms with E-state index in [1.807, 2.05) is 11.3 Å². The highest BCUT2D eigenvalue weighted by atomic mass is 32.1. The Morgan fingerprint density at radius 1 is 1.38 bits per heavy atom. The van der Waals surface area contributed by atoms with E-state index in [1.165, 1.54) is 37.7 Å². The second-order valence-corrected chi connectivity index (χ2v) is 5.58. The van der Waals surface area contributed by atoms with Crippen molar-refractivity contribution < 1.29 is 0 Å². The van der Waals surface area contributed by atoms with Gasteiger partial charge in [-0.2, -0.15) is 11.3 Å². The molecule has 0 amide bonds. The van der Waals surface area contributed by atoms with E-state index < -0.39 is 0 Å². The van der Waals surface area contributed by atoms with Gasteiger partial charge < -0.3 is 5.32 Å². The van der Waals surface area contributed by atoms with Gasteiger partial charge >= 0.3 is 0 Å². The third-order valence-electron chi connectivity index (χ3n) is 3.52. The van der Waals surface area contributed by atoms with Gasteiger partial charge in [-0.3, -0.25) is 0 Å². The van der Waals surface area contributed by atoms with E-state index in [0.717, 1.165) is 6.54 Å². The predicted octanol–water partition coefficient (Wildman–Crippen LogP) is 4.10. The van der Waals surface area contributed by atoms with Gasteiger partial charge in [-0.05, 0) is 54.1 Å². The lowest BCUT2D eigenvalue weighted by molar-refractivity contribution is 0.235. The Morgan fingerprint density at radius 3 is 2.69 bits per heavy atom. The summed E-state index contributed by atoms with van der Waals surface area (Å²) in [6, 6.07) is 2.27. The molecule has 1 aromatic heterocycles. The summed E-state index contributed by atoms with van der Waals surface area (Å²) in [5, 5.41) is 7.87. The molecule has 1 heterocycles. The smallest absolute Gasteiger partial charge is 0.000790 e. The summed E-state index contributed by atoms with van der Waals surface area (Å²) in [5.41, 5.74) is 1.98. The Kier molecular flexibility index (Phi) is 6.07. The lowest BCUT2D eigenvalue weighted by atomic mass is 9.75. The molecular formula is C14H25NS. The zero-order valence-electron chi connectivity index (χ0n) is 10.9. The highest BCUT2D eigenvalue weighted by Crippen LogP contribution is 2.33. The van der Waals surface area contributed by atoms with Crippen LogP contribution in [0, 0.1) is 5.41 Å². The molecule has 0 aliphatic carbocycles. The first-order valence-electron chi connectivity index (χ1n) is 6.42. The van der Waals surface area contributed by atoms with Gasteiger partial charge in [-0.25, -0.2) is 0 Å². The molecule has 0 aromatic carbocycles. The monoisotopic (exact) mass is 239 g/mol. The summed E-state index contributed by atoms with van der Waals surface area (Å²) >= 11 is 1.81. The molecule has 0 saturated carbocycles. The molecule has 0 bridgehead atoms. The first-order valence-corrected chi connectivity index (χ1v) is 7.36. The molecule has 1 atom stereocenters. The van der Waals surface area contributed by atoms with Crippen LogP contribution >= 0.6 is 11.3 Å². The maximum absolute atomic E-state index is 3.38. The minimum Gasteiger partial charge on any atom is -0.319 e. The Labute approximate surface area is 104 Å². The molecule has 1 unspecified atom stereocenters. The Bertz CT molecular complexity index is 268. The lowest BCUT2D eigenvalue weighted by Crippen LogP contribution is -2.34.